The number of carbonyl (C=O) groups is 1. The predicted octanol–water partition coefficient (Wildman–Crippen LogP) is 2.67. The third-order valence-corrected chi connectivity index (χ3v) is 2.10. The van der Waals surface area contributed by atoms with Gasteiger partial charge >= 0.3 is 6.18 Å². The number of nitrogens with zero attached hydrogens (tertiary/aromatic N) is 2. The number of aromatic nitrogens is 2. The van der Waals surface area contributed by atoms with Gasteiger partial charge in [-0.25, -0.2) is 0 Å². The molecule has 0 unspecified atom stereocenters. The maximum Gasteiger partial charge on any atom is 0.390 e. The number of hydrogen-bond donors (Lipinski definition) is 0. The first-order chi connectivity index (χ1) is 7.31. The van der Waals surface area contributed by atoms with Crippen molar-refractivity contribution in [2.45, 2.75) is 33.0 Å². The molecule has 0 aliphatic rings. The summed E-state index contributed by atoms with van der Waals surface area (Å²) >= 11 is 0. The van der Waals surface area contributed by atoms with E-state index in [1.807, 2.05) is 0 Å². The fourth-order valence-electron chi connectivity index (χ4n) is 1.25. The number of ketones is 1. The van der Waals surface area contributed by atoms with E-state index in [1.165, 1.54) is 12.3 Å². The van der Waals surface area contributed by atoms with Crippen molar-refractivity contribution in [3.8, 4) is 0 Å². The Balaban J connectivity index is 2.75. The molecule has 1 aromatic rings. The van der Waals surface area contributed by atoms with Gasteiger partial charge in [0.25, 0.3) is 0 Å². The molecule has 0 aliphatic heterocycles. The normalized spacial score (nSPS) is 12.1. The number of aryl methyl sites for hydroxylation is 1. The van der Waals surface area contributed by atoms with E-state index < -0.39 is 12.6 Å². The van der Waals surface area contributed by atoms with Gasteiger partial charge in [0.15, 0.2) is 5.78 Å². The second-order valence-corrected chi connectivity index (χ2v) is 3.82. The van der Waals surface area contributed by atoms with Crippen molar-refractivity contribution in [3.63, 3.8) is 0 Å². The fourth-order valence-corrected chi connectivity index (χ4v) is 1.25. The van der Waals surface area contributed by atoms with Crippen LogP contribution in [0.5, 0.6) is 0 Å². The Morgan fingerprint density at radius 1 is 1.50 bits per heavy atom. The van der Waals surface area contributed by atoms with Crippen molar-refractivity contribution >= 4 is 5.78 Å². The van der Waals surface area contributed by atoms with Gasteiger partial charge in [0.05, 0.1) is 13.0 Å². The van der Waals surface area contributed by atoms with Gasteiger partial charge in [-0.1, -0.05) is 13.8 Å². The molecule has 0 aromatic carbocycles. The summed E-state index contributed by atoms with van der Waals surface area (Å²) in [6.45, 7) is 3.08. The van der Waals surface area contributed by atoms with Gasteiger partial charge in [0.1, 0.15) is 5.69 Å². The monoisotopic (exact) mass is 234 g/mol. The Bertz CT molecular complexity index is 368. The van der Waals surface area contributed by atoms with Crippen LogP contribution in [0.15, 0.2) is 12.3 Å². The van der Waals surface area contributed by atoms with Gasteiger partial charge in [-0.15, -0.1) is 0 Å². The molecule has 90 valence electrons. The molecule has 1 heterocycles. The van der Waals surface area contributed by atoms with Gasteiger partial charge in [-0.05, 0) is 6.07 Å². The zero-order valence-corrected chi connectivity index (χ0v) is 9.08. The first kappa shape index (κ1) is 12.7. The smallest absolute Gasteiger partial charge is 0.292 e. The van der Waals surface area contributed by atoms with Crippen molar-refractivity contribution in [3.05, 3.63) is 18.0 Å². The zero-order chi connectivity index (χ0) is 12.3. The molecule has 6 heteroatoms. The summed E-state index contributed by atoms with van der Waals surface area (Å²) in [5.74, 6) is -0.444. The lowest BCUT2D eigenvalue weighted by Gasteiger charge is -2.10. The minimum atomic E-state index is -4.23. The first-order valence-electron chi connectivity index (χ1n) is 4.94. The minimum absolute atomic E-state index is 0.195. The summed E-state index contributed by atoms with van der Waals surface area (Å²) in [7, 11) is 0. The number of hydrogen-bond acceptors (Lipinski definition) is 2. The van der Waals surface area contributed by atoms with Crippen LogP contribution in [0.25, 0.3) is 0 Å². The van der Waals surface area contributed by atoms with Crippen molar-refractivity contribution in [2.75, 3.05) is 0 Å². The van der Waals surface area contributed by atoms with Crippen molar-refractivity contribution in [1.29, 1.82) is 0 Å². The average molecular weight is 234 g/mol. The highest BCUT2D eigenvalue weighted by Gasteiger charge is 2.27. The summed E-state index contributed by atoms with van der Waals surface area (Å²) in [6, 6.07) is 1.44. The van der Waals surface area contributed by atoms with Crippen molar-refractivity contribution in [1.82, 2.24) is 9.78 Å². The molecule has 0 atom stereocenters. The summed E-state index contributed by atoms with van der Waals surface area (Å²) in [5, 5.41) is 3.72. The average Bonchev–Trinajstić information content (AvgIpc) is 2.59. The molecule has 0 fully saturated rings. The van der Waals surface area contributed by atoms with Crippen LogP contribution in [0.2, 0.25) is 0 Å². The molecule has 0 N–H and O–H groups in total. The second-order valence-electron chi connectivity index (χ2n) is 3.82. The quantitative estimate of drug-likeness (QED) is 0.751. The Morgan fingerprint density at radius 2 is 2.12 bits per heavy atom. The van der Waals surface area contributed by atoms with E-state index >= 15 is 0 Å². The van der Waals surface area contributed by atoms with E-state index in [2.05, 4.69) is 5.10 Å². The maximum atomic E-state index is 12.0. The first-order valence-corrected chi connectivity index (χ1v) is 4.94. The van der Waals surface area contributed by atoms with E-state index in [0.717, 1.165) is 4.68 Å². The van der Waals surface area contributed by atoms with Crippen LogP contribution in [-0.2, 0) is 6.54 Å². The molecule has 1 aromatic heterocycles. The highest BCUT2D eigenvalue weighted by molar-refractivity contribution is 5.95. The lowest BCUT2D eigenvalue weighted by atomic mass is 10.1. The van der Waals surface area contributed by atoms with Crippen LogP contribution < -0.4 is 0 Å². The standard InChI is InChI=1S/C10H13F3N2O/c1-7(2)9(16)8-3-5-14-15(8)6-4-10(11,12)13/h3,5,7H,4,6H2,1-2H3. The molecule has 0 bridgehead atoms. The highest BCUT2D eigenvalue weighted by atomic mass is 19.4. The molecule has 3 nitrogen and oxygen atoms in total. The lowest BCUT2D eigenvalue weighted by molar-refractivity contribution is -0.137. The summed E-state index contributed by atoms with van der Waals surface area (Å²) in [6.07, 6.45) is -3.87. The predicted molar refractivity (Wildman–Crippen MR) is 52.1 cm³/mol. The third kappa shape index (κ3) is 3.36. The number of Topliss-reactive ketones (excluding diaryl/α,β-unsaturated/α-hetero) is 1. The molecule has 16 heavy (non-hydrogen) atoms. The van der Waals surface area contributed by atoms with Crippen LogP contribution in [0.1, 0.15) is 30.8 Å². The van der Waals surface area contributed by atoms with Crippen molar-refractivity contribution < 1.29 is 18.0 Å². The van der Waals surface area contributed by atoms with Gasteiger partial charge in [-0.3, -0.25) is 9.48 Å². The third-order valence-electron chi connectivity index (χ3n) is 2.10. The molecule has 0 radical (unpaired) electrons. The van der Waals surface area contributed by atoms with Gasteiger partial charge in [0.2, 0.25) is 0 Å². The molecule has 0 spiro atoms. The largest absolute Gasteiger partial charge is 0.390 e. The van der Waals surface area contributed by atoms with Gasteiger partial charge in [0, 0.05) is 12.1 Å². The Kier molecular flexibility index (Phi) is 3.72. The van der Waals surface area contributed by atoms with Crippen LogP contribution in [0.3, 0.4) is 0 Å². The summed E-state index contributed by atoms with van der Waals surface area (Å²) in [5.41, 5.74) is 0.235. The number of alkyl halides is 3. The van der Waals surface area contributed by atoms with E-state index in [9.17, 15) is 18.0 Å². The molecular weight excluding hydrogens is 221 g/mol. The van der Waals surface area contributed by atoms with E-state index in [-0.39, 0.29) is 23.9 Å². The summed E-state index contributed by atoms with van der Waals surface area (Å²) in [4.78, 5) is 11.6. The molecular formula is C10H13F3N2O. The molecule has 0 saturated carbocycles. The SMILES string of the molecule is CC(C)C(=O)c1ccnn1CCC(F)(F)F. The van der Waals surface area contributed by atoms with Gasteiger partial charge < -0.3 is 0 Å². The number of halogens is 3. The second kappa shape index (κ2) is 4.67. The van der Waals surface area contributed by atoms with Crippen LogP contribution in [0.4, 0.5) is 13.2 Å². The van der Waals surface area contributed by atoms with Gasteiger partial charge in [-0.2, -0.15) is 18.3 Å². The minimum Gasteiger partial charge on any atom is -0.292 e. The highest BCUT2D eigenvalue weighted by Crippen LogP contribution is 2.20. The molecule has 0 saturated heterocycles. The molecule has 0 amide bonds. The van der Waals surface area contributed by atoms with E-state index in [1.54, 1.807) is 13.8 Å². The van der Waals surface area contributed by atoms with Crippen LogP contribution in [-0.4, -0.2) is 21.7 Å². The van der Waals surface area contributed by atoms with E-state index in [4.69, 9.17) is 0 Å². The molecule has 1 rings (SSSR count). The van der Waals surface area contributed by atoms with Crippen LogP contribution in [0, 0.1) is 5.92 Å². The number of carbonyl (C=O) groups excluding carboxylic acids is 1. The lowest BCUT2D eigenvalue weighted by Crippen LogP contribution is -2.18. The molecule has 0 aliphatic carbocycles. The van der Waals surface area contributed by atoms with Crippen molar-refractivity contribution in [2.24, 2.45) is 5.92 Å². The maximum absolute atomic E-state index is 12.0. The summed E-state index contributed by atoms with van der Waals surface area (Å²) < 4.78 is 37.1. The van der Waals surface area contributed by atoms with Crippen LogP contribution >= 0.6 is 0 Å². The Morgan fingerprint density at radius 3 is 2.62 bits per heavy atom. The Hall–Kier alpha value is -1.33. The topological polar surface area (TPSA) is 34.9 Å². The number of rotatable bonds is 4. The Labute approximate surface area is 91.3 Å². The van der Waals surface area contributed by atoms with E-state index in [0.29, 0.717) is 0 Å². The zero-order valence-electron chi connectivity index (χ0n) is 9.08. The fraction of sp³-hybridized carbons (Fsp3) is 0.600.